The van der Waals surface area contributed by atoms with Gasteiger partial charge in [0, 0.05) is 0 Å². The molecule has 0 spiro atoms. The van der Waals surface area contributed by atoms with Gasteiger partial charge in [-0.3, -0.25) is 4.79 Å². The van der Waals surface area contributed by atoms with Gasteiger partial charge >= 0.3 is 0 Å². The van der Waals surface area contributed by atoms with Gasteiger partial charge in [-0.25, -0.2) is 9.38 Å². The normalized spacial score (nSPS) is 12.2. The lowest BCUT2D eigenvalue weighted by atomic mass is 10.1. The quantitative estimate of drug-likeness (QED) is 0.516. The molecule has 2 aromatic carbocycles. The third-order valence-corrected chi connectivity index (χ3v) is 5.69. The summed E-state index contributed by atoms with van der Waals surface area (Å²) >= 11 is 1.40. The Bertz CT molecular complexity index is 1290. The van der Waals surface area contributed by atoms with Gasteiger partial charge in [-0.1, -0.05) is 17.4 Å². The van der Waals surface area contributed by atoms with E-state index in [4.69, 9.17) is 9.47 Å². The second-order valence-electron chi connectivity index (χ2n) is 6.64. The lowest BCUT2D eigenvalue weighted by molar-refractivity contribution is 0.287. The summed E-state index contributed by atoms with van der Waals surface area (Å²) in [6.07, 6.45) is 1.88. The number of rotatable bonds is 5. The van der Waals surface area contributed by atoms with Gasteiger partial charge in [0.15, 0.2) is 16.5 Å². The SMILES string of the molecule is CCOc1ccc(/C=c2\sc3nc4cc(C)c(C)cc4n3c2=O)cc1OCC. The van der Waals surface area contributed by atoms with Crippen LogP contribution in [0.3, 0.4) is 0 Å². The number of hydrogen-bond acceptors (Lipinski definition) is 5. The van der Waals surface area contributed by atoms with Crippen LogP contribution in [0.25, 0.3) is 22.1 Å². The Labute approximate surface area is 166 Å². The second-order valence-corrected chi connectivity index (χ2v) is 7.65. The summed E-state index contributed by atoms with van der Waals surface area (Å²) in [5.41, 5.74) is 4.90. The van der Waals surface area contributed by atoms with Crippen LogP contribution in [0.2, 0.25) is 0 Å². The van der Waals surface area contributed by atoms with Gasteiger partial charge in [0.25, 0.3) is 5.56 Å². The molecular weight excluding hydrogens is 372 g/mol. The molecule has 0 aliphatic heterocycles. The third-order valence-electron chi connectivity index (χ3n) is 4.72. The maximum absolute atomic E-state index is 13.0. The first kappa shape index (κ1) is 18.5. The molecule has 0 bridgehead atoms. The molecule has 0 aliphatic rings. The number of hydrogen-bond donors (Lipinski definition) is 0. The van der Waals surface area contributed by atoms with Crippen molar-refractivity contribution in [2.24, 2.45) is 0 Å². The predicted molar refractivity (Wildman–Crippen MR) is 114 cm³/mol. The lowest BCUT2D eigenvalue weighted by Gasteiger charge is -2.11. The molecule has 0 saturated carbocycles. The minimum Gasteiger partial charge on any atom is -0.490 e. The molecule has 0 saturated heterocycles. The van der Waals surface area contributed by atoms with Gasteiger partial charge in [-0.15, -0.1) is 0 Å². The fourth-order valence-electron chi connectivity index (χ4n) is 3.23. The zero-order valence-corrected chi connectivity index (χ0v) is 17.2. The van der Waals surface area contributed by atoms with Gasteiger partial charge in [-0.05, 0) is 74.7 Å². The van der Waals surface area contributed by atoms with Crippen molar-refractivity contribution in [3.8, 4) is 11.5 Å². The largest absolute Gasteiger partial charge is 0.490 e. The van der Waals surface area contributed by atoms with Crippen molar-refractivity contribution in [1.29, 1.82) is 0 Å². The summed E-state index contributed by atoms with van der Waals surface area (Å²) < 4.78 is 13.6. The van der Waals surface area contributed by atoms with Crippen molar-refractivity contribution in [2.45, 2.75) is 27.7 Å². The number of thiazole rings is 1. The van der Waals surface area contributed by atoms with Crippen molar-refractivity contribution >= 4 is 33.4 Å². The molecule has 0 radical (unpaired) electrons. The highest BCUT2D eigenvalue weighted by Crippen LogP contribution is 2.29. The lowest BCUT2D eigenvalue weighted by Crippen LogP contribution is -2.22. The molecule has 0 fully saturated rings. The first-order chi connectivity index (χ1) is 13.5. The molecule has 2 aromatic heterocycles. The van der Waals surface area contributed by atoms with Crippen LogP contribution in [0.1, 0.15) is 30.5 Å². The zero-order chi connectivity index (χ0) is 19.8. The van der Waals surface area contributed by atoms with E-state index in [1.54, 1.807) is 4.40 Å². The maximum Gasteiger partial charge on any atom is 0.274 e. The monoisotopic (exact) mass is 394 g/mol. The number of aryl methyl sites for hydroxylation is 2. The van der Waals surface area contributed by atoms with Crippen LogP contribution in [0.5, 0.6) is 11.5 Å². The predicted octanol–water partition coefficient (Wildman–Crippen LogP) is 3.87. The molecule has 0 amide bonds. The van der Waals surface area contributed by atoms with Crippen molar-refractivity contribution in [3.63, 3.8) is 0 Å². The Kier molecular flexibility index (Phi) is 4.81. The van der Waals surface area contributed by atoms with Gasteiger partial charge in [-0.2, -0.15) is 0 Å². The van der Waals surface area contributed by atoms with E-state index in [9.17, 15) is 4.79 Å². The Morgan fingerprint density at radius 1 is 1.04 bits per heavy atom. The summed E-state index contributed by atoms with van der Waals surface area (Å²) in [6.45, 7) is 9.10. The molecule has 28 heavy (non-hydrogen) atoms. The van der Waals surface area contributed by atoms with E-state index in [0.29, 0.717) is 34.2 Å². The standard InChI is InChI=1S/C22H22N2O3S/c1-5-26-18-8-7-15(11-19(18)27-6-2)12-20-21(25)24-17-10-14(4)13(3)9-16(17)23-22(24)28-20/h7-12H,5-6H2,1-4H3/b20-12-. The van der Waals surface area contributed by atoms with Gasteiger partial charge in [0.1, 0.15) is 0 Å². The van der Waals surface area contributed by atoms with E-state index in [-0.39, 0.29) is 5.56 Å². The summed E-state index contributed by atoms with van der Waals surface area (Å²) in [5.74, 6) is 1.39. The third kappa shape index (κ3) is 3.14. The molecule has 5 nitrogen and oxygen atoms in total. The number of benzene rings is 2. The number of nitrogens with zero attached hydrogens (tertiary/aromatic N) is 2. The van der Waals surface area contributed by atoms with Gasteiger partial charge < -0.3 is 9.47 Å². The van der Waals surface area contributed by atoms with Crippen molar-refractivity contribution < 1.29 is 9.47 Å². The van der Waals surface area contributed by atoms with E-state index >= 15 is 0 Å². The van der Waals surface area contributed by atoms with E-state index in [2.05, 4.69) is 11.9 Å². The van der Waals surface area contributed by atoms with Crippen molar-refractivity contribution in [2.75, 3.05) is 13.2 Å². The van der Waals surface area contributed by atoms with E-state index in [1.807, 2.05) is 57.2 Å². The minimum absolute atomic E-state index is 0.0439. The molecule has 4 rings (SSSR count). The number of ether oxygens (including phenoxy) is 2. The Hall–Kier alpha value is -2.86. The Morgan fingerprint density at radius 2 is 1.75 bits per heavy atom. The maximum atomic E-state index is 13.0. The fourth-order valence-corrected chi connectivity index (χ4v) is 4.21. The van der Waals surface area contributed by atoms with Crippen LogP contribution in [0.4, 0.5) is 0 Å². The van der Waals surface area contributed by atoms with Crippen LogP contribution in [0.15, 0.2) is 35.1 Å². The second kappa shape index (κ2) is 7.28. The van der Waals surface area contributed by atoms with E-state index in [0.717, 1.165) is 22.2 Å². The number of imidazole rings is 1. The zero-order valence-electron chi connectivity index (χ0n) is 16.4. The molecule has 0 N–H and O–H groups in total. The van der Waals surface area contributed by atoms with Gasteiger partial charge in [0.2, 0.25) is 0 Å². The highest BCUT2D eigenvalue weighted by Gasteiger charge is 2.13. The topological polar surface area (TPSA) is 52.8 Å². The van der Waals surface area contributed by atoms with Crippen LogP contribution < -0.4 is 19.6 Å². The van der Waals surface area contributed by atoms with Crippen molar-refractivity contribution in [3.05, 3.63) is 61.9 Å². The first-order valence-corrected chi connectivity index (χ1v) is 10.2. The molecule has 0 unspecified atom stereocenters. The first-order valence-electron chi connectivity index (χ1n) is 9.35. The van der Waals surface area contributed by atoms with Crippen LogP contribution >= 0.6 is 11.3 Å². The Morgan fingerprint density at radius 3 is 2.50 bits per heavy atom. The number of fused-ring (bicyclic) bond motifs is 3. The summed E-state index contributed by atoms with van der Waals surface area (Å²) in [6, 6.07) is 9.79. The summed E-state index contributed by atoms with van der Waals surface area (Å²) in [4.78, 5) is 18.4. The van der Waals surface area contributed by atoms with Crippen molar-refractivity contribution in [1.82, 2.24) is 9.38 Å². The molecule has 6 heteroatoms. The highest BCUT2D eigenvalue weighted by atomic mass is 32.1. The average molecular weight is 394 g/mol. The summed E-state index contributed by atoms with van der Waals surface area (Å²) in [7, 11) is 0. The average Bonchev–Trinajstić information content (AvgIpc) is 3.14. The van der Waals surface area contributed by atoms with Crippen LogP contribution in [-0.4, -0.2) is 22.6 Å². The summed E-state index contributed by atoms with van der Waals surface area (Å²) in [5, 5.41) is 0. The minimum atomic E-state index is -0.0439. The van der Waals surface area contributed by atoms with Crippen LogP contribution in [0, 0.1) is 13.8 Å². The molecule has 2 heterocycles. The number of aromatic nitrogens is 2. The fraction of sp³-hybridized carbons (Fsp3) is 0.273. The molecule has 4 aromatic rings. The van der Waals surface area contributed by atoms with Crippen LogP contribution in [-0.2, 0) is 0 Å². The highest BCUT2D eigenvalue weighted by molar-refractivity contribution is 7.15. The molecule has 0 aliphatic carbocycles. The van der Waals surface area contributed by atoms with E-state index < -0.39 is 0 Å². The van der Waals surface area contributed by atoms with E-state index in [1.165, 1.54) is 16.9 Å². The van der Waals surface area contributed by atoms with Gasteiger partial charge in [0.05, 0.1) is 28.8 Å². The smallest absolute Gasteiger partial charge is 0.274 e. The molecule has 144 valence electrons. The molecule has 0 atom stereocenters. The molecular formula is C22H22N2O3S. The Balaban J connectivity index is 1.86.